The minimum absolute atomic E-state index is 0. The molecule has 1 heterocycles. The Morgan fingerprint density at radius 1 is 1.33 bits per heavy atom. The van der Waals surface area contributed by atoms with Crippen LogP contribution in [0.4, 0.5) is 0 Å². The summed E-state index contributed by atoms with van der Waals surface area (Å²) in [4.78, 5) is 14.4. The number of carbonyl (C=O) groups excluding carboxylic acids is 1. The molecule has 0 spiro atoms. The van der Waals surface area contributed by atoms with E-state index in [-0.39, 0.29) is 30.7 Å². The lowest BCUT2D eigenvalue weighted by molar-refractivity contribution is 0.0947. The maximum Gasteiger partial charge on any atom is 0.251 e. The highest BCUT2D eigenvalue weighted by atomic mass is 35.5. The smallest absolute Gasteiger partial charge is 0.251 e. The Balaban J connectivity index is 0.00000200. The lowest BCUT2D eigenvalue weighted by atomic mass is 10.1. The number of likely N-dealkylation sites (tertiary alicyclic amines) is 1. The van der Waals surface area contributed by atoms with E-state index in [1.54, 1.807) is 0 Å². The molecule has 0 radical (unpaired) electrons. The second-order valence-electron chi connectivity index (χ2n) is 5.16. The Kier molecular flexibility index (Phi) is 9.62. The molecule has 3 N–H and O–H groups in total. The van der Waals surface area contributed by atoms with Crippen LogP contribution in [-0.4, -0.2) is 37.0 Å². The monoisotopic (exact) mass is 333 g/mol. The molecule has 0 saturated carbocycles. The number of nitrogens with two attached hydrogens (primary N) is 1. The molecule has 2 rings (SSSR count). The number of hydrogen-bond acceptors (Lipinski definition) is 3. The van der Waals surface area contributed by atoms with Crippen molar-refractivity contribution in [1.29, 1.82) is 0 Å². The van der Waals surface area contributed by atoms with E-state index in [1.807, 2.05) is 24.3 Å². The number of amides is 1. The minimum Gasteiger partial charge on any atom is -0.352 e. The van der Waals surface area contributed by atoms with Gasteiger partial charge in [0.1, 0.15) is 0 Å². The van der Waals surface area contributed by atoms with Crippen molar-refractivity contribution in [3.63, 3.8) is 0 Å². The molecule has 6 heteroatoms. The zero-order chi connectivity index (χ0) is 13.7. The van der Waals surface area contributed by atoms with Crippen LogP contribution in [0.3, 0.4) is 0 Å². The molecular weight excluding hydrogens is 309 g/mol. The van der Waals surface area contributed by atoms with Gasteiger partial charge in [-0.05, 0) is 43.1 Å². The molecule has 4 nitrogen and oxygen atoms in total. The molecule has 1 atom stereocenters. The van der Waals surface area contributed by atoms with Crippen LogP contribution >= 0.6 is 24.8 Å². The van der Waals surface area contributed by atoms with Gasteiger partial charge in [-0.25, -0.2) is 0 Å². The Hall–Kier alpha value is -0.810. The van der Waals surface area contributed by atoms with Crippen LogP contribution in [0.15, 0.2) is 24.3 Å². The molecule has 120 valence electrons. The average molecular weight is 334 g/mol. The van der Waals surface area contributed by atoms with Crippen LogP contribution in [0.25, 0.3) is 0 Å². The first-order chi connectivity index (χ1) is 9.22. The number of benzene rings is 1. The van der Waals surface area contributed by atoms with E-state index in [0.717, 1.165) is 31.7 Å². The van der Waals surface area contributed by atoms with E-state index in [2.05, 4.69) is 17.1 Å². The molecule has 0 aliphatic carbocycles. The van der Waals surface area contributed by atoms with E-state index in [0.29, 0.717) is 18.0 Å². The third-order valence-corrected chi connectivity index (χ3v) is 3.82. The van der Waals surface area contributed by atoms with Crippen LogP contribution in [0.5, 0.6) is 0 Å². The van der Waals surface area contributed by atoms with Crippen LogP contribution in [0, 0.1) is 5.92 Å². The van der Waals surface area contributed by atoms with Crippen molar-refractivity contribution < 1.29 is 4.79 Å². The fourth-order valence-corrected chi connectivity index (χ4v) is 2.50. The van der Waals surface area contributed by atoms with E-state index >= 15 is 0 Å². The quantitative estimate of drug-likeness (QED) is 0.867. The van der Waals surface area contributed by atoms with Crippen LogP contribution in [0.2, 0.25) is 0 Å². The van der Waals surface area contributed by atoms with Crippen LogP contribution in [-0.2, 0) is 6.54 Å². The van der Waals surface area contributed by atoms with E-state index in [1.165, 1.54) is 6.42 Å². The van der Waals surface area contributed by atoms with Crippen molar-refractivity contribution in [2.75, 3.05) is 26.2 Å². The van der Waals surface area contributed by atoms with Crippen LogP contribution in [0.1, 0.15) is 29.3 Å². The van der Waals surface area contributed by atoms with Gasteiger partial charge in [0.05, 0.1) is 0 Å². The molecule has 1 amide bonds. The summed E-state index contributed by atoms with van der Waals surface area (Å²) < 4.78 is 0. The van der Waals surface area contributed by atoms with E-state index in [9.17, 15) is 4.79 Å². The molecule has 1 aromatic rings. The van der Waals surface area contributed by atoms with Crippen molar-refractivity contribution in [2.24, 2.45) is 11.7 Å². The van der Waals surface area contributed by atoms with Crippen molar-refractivity contribution in [3.8, 4) is 0 Å². The Morgan fingerprint density at radius 3 is 2.52 bits per heavy atom. The highest BCUT2D eigenvalue weighted by Gasteiger charge is 2.21. The average Bonchev–Trinajstić information content (AvgIpc) is 2.93. The summed E-state index contributed by atoms with van der Waals surface area (Å²) in [6, 6.07) is 7.49. The van der Waals surface area contributed by atoms with Gasteiger partial charge in [-0.2, -0.15) is 0 Å². The summed E-state index contributed by atoms with van der Waals surface area (Å²) in [6.07, 6.45) is 1.18. The first-order valence-electron chi connectivity index (χ1n) is 7.02. The maximum atomic E-state index is 12.0. The summed E-state index contributed by atoms with van der Waals surface area (Å²) in [5.74, 6) is 0.603. The number of nitrogens with one attached hydrogen (secondary N) is 1. The second-order valence-corrected chi connectivity index (χ2v) is 5.16. The first-order valence-corrected chi connectivity index (χ1v) is 7.02. The van der Waals surface area contributed by atoms with Gasteiger partial charge in [0.25, 0.3) is 5.91 Å². The Morgan fingerprint density at radius 2 is 2.00 bits per heavy atom. The SMILES string of the molecule is CCN1CCC(CNC(=O)c2ccc(CN)cc2)C1.Cl.Cl. The summed E-state index contributed by atoms with van der Waals surface area (Å²) in [5, 5.41) is 3.03. The van der Waals surface area contributed by atoms with Crippen molar-refractivity contribution in [3.05, 3.63) is 35.4 Å². The zero-order valence-electron chi connectivity index (χ0n) is 12.4. The van der Waals surface area contributed by atoms with E-state index < -0.39 is 0 Å². The van der Waals surface area contributed by atoms with Gasteiger partial charge in [-0.3, -0.25) is 4.79 Å². The molecule has 21 heavy (non-hydrogen) atoms. The highest BCUT2D eigenvalue weighted by Crippen LogP contribution is 2.14. The molecule has 1 aliphatic rings. The van der Waals surface area contributed by atoms with Gasteiger partial charge in [-0.1, -0.05) is 19.1 Å². The fourth-order valence-electron chi connectivity index (χ4n) is 2.50. The van der Waals surface area contributed by atoms with Gasteiger partial charge >= 0.3 is 0 Å². The topological polar surface area (TPSA) is 58.4 Å². The van der Waals surface area contributed by atoms with Gasteiger partial charge in [0, 0.05) is 25.2 Å². The van der Waals surface area contributed by atoms with Gasteiger partial charge in [0.2, 0.25) is 0 Å². The third-order valence-electron chi connectivity index (χ3n) is 3.82. The van der Waals surface area contributed by atoms with Gasteiger partial charge in [-0.15, -0.1) is 24.8 Å². The summed E-state index contributed by atoms with van der Waals surface area (Å²) in [7, 11) is 0. The predicted octanol–water partition coefficient (Wildman–Crippen LogP) is 2.06. The number of hydrogen-bond donors (Lipinski definition) is 2. The first kappa shape index (κ1) is 20.2. The molecule has 0 bridgehead atoms. The number of carbonyl (C=O) groups is 1. The minimum atomic E-state index is 0. The second kappa shape index (κ2) is 10.0. The summed E-state index contributed by atoms with van der Waals surface area (Å²) >= 11 is 0. The van der Waals surface area contributed by atoms with Crippen molar-refractivity contribution in [1.82, 2.24) is 10.2 Å². The normalized spacial score (nSPS) is 17.7. The Bertz CT molecular complexity index is 425. The number of halogens is 2. The van der Waals surface area contributed by atoms with Crippen LogP contribution < -0.4 is 11.1 Å². The summed E-state index contributed by atoms with van der Waals surface area (Å²) in [5.41, 5.74) is 7.30. The predicted molar refractivity (Wildman–Crippen MR) is 91.4 cm³/mol. The maximum absolute atomic E-state index is 12.0. The summed E-state index contributed by atoms with van der Waals surface area (Å²) in [6.45, 7) is 6.82. The Labute approximate surface area is 139 Å². The molecule has 1 aromatic carbocycles. The highest BCUT2D eigenvalue weighted by molar-refractivity contribution is 5.94. The molecule has 1 fully saturated rings. The van der Waals surface area contributed by atoms with E-state index in [4.69, 9.17) is 5.73 Å². The standard InChI is InChI=1S/C15H23N3O.2ClH/c1-2-18-8-7-13(11-18)10-17-15(19)14-5-3-12(9-16)4-6-14;;/h3-6,13H,2,7-11,16H2,1H3,(H,17,19);2*1H. The van der Waals surface area contributed by atoms with Gasteiger partial charge < -0.3 is 16.0 Å². The third kappa shape index (κ3) is 5.83. The fraction of sp³-hybridized carbons (Fsp3) is 0.533. The van der Waals surface area contributed by atoms with Crippen molar-refractivity contribution >= 4 is 30.7 Å². The molecule has 1 saturated heterocycles. The molecule has 1 aliphatic heterocycles. The largest absolute Gasteiger partial charge is 0.352 e. The zero-order valence-corrected chi connectivity index (χ0v) is 14.0. The molecule has 1 unspecified atom stereocenters. The van der Waals surface area contributed by atoms with Crippen molar-refractivity contribution in [2.45, 2.75) is 19.9 Å². The molecule has 0 aromatic heterocycles. The van der Waals surface area contributed by atoms with Gasteiger partial charge in [0.15, 0.2) is 0 Å². The molecular formula is C15H25Cl2N3O. The number of nitrogens with zero attached hydrogens (tertiary/aromatic N) is 1. The lowest BCUT2D eigenvalue weighted by Gasteiger charge is -2.13. The number of rotatable bonds is 5. The lowest BCUT2D eigenvalue weighted by Crippen LogP contribution is -2.31.